The van der Waals surface area contributed by atoms with Gasteiger partial charge in [0.15, 0.2) is 5.60 Å². The lowest BCUT2D eigenvalue weighted by Gasteiger charge is -2.38. The third-order valence-electron chi connectivity index (χ3n) is 5.48. The van der Waals surface area contributed by atoms with Gasteiger partial charge in [0.1, 0.15) is 0 Å². The molecule has 2 aromatic carbocycles. The van der Waals surface area contributed by atoms with Crippen molar-refractivity contribution in [2.75, 3.05) is 6.26 Å². The summed E-state index contributed by atoms with van der Waals surface area (Å²) in [6.07, 6.45) is 0.912. The Hall–Kier alpha value is -2.62. The van der Waals surface area contributed by atoms with Gasteiger partial charge in [-0.2, -0.15) is 8.42 Å². The zero-order chi connectivity index (χ0) is 24.6. The zero-order valence-corrected chi connectivity index (χ0v) is 21.3. The Labute approximate surface area is 207 Å². The number of carbonyl (C=O) groups excluding carboxylic acids is 1. The van der Waals surface area contributed by atoms with E-state index in [1.54, 1.807) is 78.9 Å². The second-order valence-electron chi connectivity index (χ2n) is 8.06. The Balaban J connectivity index is 2.10. The first-order valence-corrected chi connectivity index (χ1v) is 13.9. The Bertz CT molecular complexity index is 1410. The highest BCUT2D eigenvalue weighted by Crippen LogP contribution is 2.47. The summed E-state index contributed by atoms with van der Waals surface area (Å²) in [7, 11) is -4.16. The van der Waals surface area contributed by atoms with Gasteiger partial charge in [0.2, 0.25) is 11.4 Å². The molecule has 0 bridgehead atoms. The number of aliphatic hydroxyl groups is 1. The molecule has 0 fully saturated rings. The van der Waals surface area contributed by atoms with Crippen molar-refractivity contribution in [3.05, 3.63) is 116 Å². The van der Waals surface area contributed by atoms with Crippen LogP contribution in [0.2, 0.25) is 0 Å². The topological polar surface area (TPSA) is 80.7 Å². The van der Waals surface area contributed by atoms with Crippen molar-refractivity contribution in [1.82, 2.24) is 0 Å². The maximum Gasteiger partial charge on any atom is 0.266 e. The van der Waals surface area contributed by atoms with Gasteiger partial charge in [0.05, 0.1) is 11.1 Å². The minimum absolute atomic E-state index is 0.315. The van der Waals surface area contributed by atoms with E-state index in [4.69, 9.17) is 4.18 Å². The van der Waals surface area contributed by atoms with Crippen LogP contribution in [0.4, 0.5) is 0 Å². The number of carbonyl (C=O) groups is 1. The largest absolute Gasteiger partial charge is 0.372 e. The van der Waals surface area contributed by atoms with E-state index < -0.39 is 27.1 Å². The molecule has 4 aromatic rings. The van der Waals surface area contributed by atoms with Crippen molar-refractivity contribution in [2.45, 2.75) is 25.0 Å². The van der Waals surface area contributed by atoms with E-state index in [1.807, 2.05) is 19.9 Å². The second kappa shape index (κ2) is 9.20. The average Bonchev–Trinajstić information content (AvgIpc) is 3.45. The van der Waals surface area contributed by atoms with Gasteiger partial charge in [-0.3, -0.25) is 4.79 Å². The molecule has 0 amide bonds. The summed E-state index contributed by atoms with van der Waals surface area (Å²) < 4.78 is 31.1. The van der Waals surface area contributed by atoms with Crippen LogP contribution in [0.3, 0.4) is 0 Å². The zero-order valence-electron chi connectivity index (χ0n) is 18.9. The van der Waals surface area contributed by atoms with Gasteiger partial charge in [-0.15, -0.1) is 22.7 Å². The average molecular weight is 513 g/mol. The quantitative estimate of drug-likeness (QED) is 0.330. The predicted octanol–water partition coefficient (Wildman–Crippen LogP) is 5.15. The molecule has 176 valence electrons. The third kappa shape index (κ3) is 4.39. The molecule has 34 heavy (non-hydrogen) atoms. The lowest BCUT2D eigenvalue weighted by atomic mass is 9.75. The molecule has 0 saturated carbocycles. The van der Waals surface area contributed by atoms with Crippen LogP contribution in [0.5, 0.6) is 0 Å². The van der Waals surface area contributed by atoms with Crippen molar-refractivity contribution in [3.63, 3.8) is 0 Å². The van der Waals surface area contributed by atoms with E-state index >= 15 is 0 Å². The number of ketones is 1. The fourth-order valence-electron chi connectivity index (χ4n) is 3.98. The van der Waals surface area contributed by atoms with Gasteiger partial charge in [0.25, 0.3) is 10.1 Å². The number of benzene rings is 2. The maximum atomic E-state index is 14.8. The lowest BCUT2D eigenvalue weighted by Crippen LogP contribution is -2.52. The molecule has 0 saturated heterocycles. The molecule has 0 aliphatic heterocycles. The van der Waals surface area contributed by atoms with Crippen LogP contribution in [-0.2, 0) is 30.3 Å². The van der Waals surface area contributed by atoms with Crippen LogP contribution in [0.1, 0.15) is 30.6 Å². The Kier molecular flexibility index (Phi) is 6.63. The molecule has 1 N–H and O–H groups in total. The van der Waals surface area contributed by atoms with Gasteiger partial charge >= 0.3 is 0 Å². The summed E-state index contributed by atoms with van der Waals surface area (Å²) >= 11 is 2.53. The first kappa shape index (κ1) is 24.5. The van der Waals surface area contributed by atoms with Gasteiger partial charge in [-0.1, -0.05) is 60.7 Å². The highest BCUT2D eigenvalue weighted by molar-refractivity contribution is 7.86. The molecular weight excluding hydrogens is 488 g/mol. The van der Waals surface area contributed by atoms with Crippen LogP contribution < -0.4 is 0 Å². The summed E-state index contributed by atoms with van der Waals surface area (Å²) in [6.45, 7) is 3.74. The maximum absolute atomic E-state index is 14.8. The standard InChI is InChI=1S/C26H24O5S3/c1-18-14-16-22(32-18)25(28,20-10-6-4-7-11-20)24(27)26(31-34(3,29)30,21-12-8-5-9-13-21)23-17-15-19(2)33-23/h4-17,28H,1-3H3. The number of rotatable bonds is 8. The fraction of sp³-hybridized carbons (Fsp3) is 0.192. The molecule has 2 unspecified atom stereocenters. The molecular formula is C26H24O5S3. The van der Waals surface area contributed by atoms with Gasteiger partial charge in [-0.25, -0.2) is 4.18 Å². The molecule has 8 heteroatoms. The van der Waals surface area contributed by atoms with E-state index in [0.717, 1.165) is 16.0 Å². The van der Waals surface area contributed by atoms with E-state index in [2.05, 4.69) is 0 Å². The predicted molar refractivity (Wildman–Crippen MR) is 136 cm³/mol. The number of Topliss-reactive ketones (excluding diaryl/α,β-unsaturated/α-hetero) is 1. The Morgan fingerprint density at radius 3 is 1.68 bits per heavy atom. The smallest absolute Gasteiger partial charge is 0.266 e. The molecule has 0 radical (unpaired) electrons. The van der Waals surface area contributed by atoms with Crippen molar-refractivity contribution in [1.29, 1.82) is 0 Å². The van der Waals surface area contributed by atoms with E-state index in [9.17, 15) is 18.3 Å². The summed E-state index contributed by atoms with van der Waals surface area (Å²) in [4.78, 5) is 17.3. The molecule has 4 rings (SSSR count). The summed E-state index contributed by atoms with van der Waals surface area (Å²) in [5.74, 6) is -0.800. The van der Waals surface area contributed by atoms with Crippen LogP contribution in [-0.4, -0.2) is 25.6 Å². The molecule has 2 heterocycles. The third-order valence-corrected chi connectivity index (χ3v) is 8.24. The molecule has 2 aromatic heterocycles. The molecule has 2 atom stereocenters. The highest BCUT2D eigenvalue weighted by Gasteiger charge is 2.57. The van der Waals surface area contributed by atoms with Crippen molar-refractivity contribution < 1.29 is 22.5 Å². The monoisotopic (exact) mass is 512 g/mol. The van der Waals surface area contributed by atoms with Crippen molar-refractivity contribution >= 4 is 38.6 Å². The van der Waals surface area contributed by atoms with Crippen LogP contribution in [0.15, 0.2) is 84.9 Å². The molecule has 5 nitrogen and oxygen atoms in total. The first-order chi connectivity index (χ1) is 16.1. The van der Waals surface area contributed by atoms with E-state index in [0.29, 0.717) is 20.9 Å². The normalized spacial score (nSPS) is 15.4. The summed E-state index contributed by atoms with van der Waals surface area (Å²) in [5, 5.41) is 12.3. The minimum atomic E-state index is -4.16. The minimum Gasteiger partial charge on any atom is -0.372 e. The fourth-order valence-corrected chi connectivity index (χ4v) is 6.75. The number of hydrogen-bond acceptors (Lipinski definition) is 7. The number of aryl methyl sites for hydroxylation is 2. The van der Waals surface area contributed by atoms with Crippen LogP contribution in [0.25, 0.3) is 0 Å². The van der Waals surface area contributed by atoms with Crippen LogP contribution in [0, 0.1) is 13.8 Å². The summed E-state index contributed by atoms with van der Waals surface area (Å²) in [6, 6.07) is 24.0. The van der Waals surface area contributed by atoms with Crippen molar-refractivity contribution in [3.8, 4) is 0 Å². The summed E-state index contributed by atoms with van der Waals surface area (Å²) in [5.41, 5.74) is -3.63. The Morgan fingerprint density at radius 2 is 1.24 bits per heavy atom. The molecule has 0 aliphatic rings. The number of thiophene rings is 2. The van der Waals surface area contributed by atoms with E-state index in [1.165, 1.54) is 22.7 Å². The number of hydrogen-bond donors (Lipinski definition) is 1. The molecule has 0 aliphatic carbocycles. The van der Waals surface area contributed by atoms with Crippen molar-refractivity contribution in [2.24, 2.45) is 0 Å². The SMILES string of the molecule is Cc1ccc(C(O)(C(=O)C(OS(C)(=O)=O)(c2ccccc2)c2ccc(C)s2)c2ccccc2)s1. The highest BCUT2D eigenvalue weighted by atomic mass is 32.2. The van der Waals surface area contributed by atoms with Crippen LogP contribution >= 0.6 is 22.7 Å². The first-order valence-electron chi connectivity index (χ1n) is 10.5. The van der Waals surface area contributed by atoms with Gasteiger partial charge < -0.3 is 5.11 Å². The van der Waals surface area contributed by atoms with Gasteiger partial charge in [-0.05, 0) is 49.2 Å². The van der Waals surface area contributed by atoms with Gasteiger partial charge in [0, 0.05) is 14.6 Å². The molecule has 0 spiro atoms. The Morgan fingerprint density at radius 1 is 0.765 bits per heavy atom. The lowest BCUT2D eigenvalue weighted by molar-refractivity contribution is -0.148. The second-order valence-corrected chi connectivity index (χ2v) is 12.2. The van der Waals surface area contributed by atoms with E-state index in [-0.39, 0.29) is 0 Å².